The third-order valence-electron chi connectivity index (χ3n) is 4.37. The van der Waals surface area contributed by atoms with E-state index in [1.807, 2.05) is 36.9 Å². The van der Waals surface area contributed by atoms with Crippen LogP contribution in [0.4, 0.5) is 5.69 Å². The van der Waals surface area contributed by atoms with E-state index in [2.05, 4.69) is 11.8 Å². The Morgan fingerprint density at radius 1 is 1.13 bits per heavy atom. The number of carbonyl (C=O) groups is 2. The molecule has 0 aromatic heterocycles. The summed E-state index contributed by atoms with van der Waals surface area (Å²) in [5, 5.41) is 0.733. The highest BCUT2D eigenvalue weighted by molar-refractivity contribution is 6.30. The van der Waals surface area contributed by atoms with E-state index in [0.717, 1.165) is 23.8 Å². The first kappa shape index (κ1) is 17.8. The van der Waals surface area contributed by atoms with E-state index in [0.29, 0.717) is 25.9 Å². The molecule has 1 saturated heterocycles. The number of nitrogens with zero attached hydrogens (tertiary/aromatic N) is 2. The van der Waals surface area contributed by atoms with Crippen molar-refractivity contribution in [2.45, 2.75) is 33.6 Å². The van der Waals surface area contributed by atoms with E-state index >= 15 is 0 Å². The second-order valence-electron chi connectivity index (χ2n) is 6.42. The van der Waals surface area contributed by atoms with Gasteiger partial charge in [-0.05, 0) is 24.6 Å². The summed E-state index contributed by atoms with van der Waals surface area (Å²) < 4.78 is 0. The molecule has 1 amide bonds. The maximum absolute atomic E-state index is 12.2. The van der Waals surface area contributed by atoms with Gasteiger partial charge in [0.2, 0.25) is 5.91 Å². The number of hydrogen-bond acceptors (Lipinski definition) is 3. The molecule has 0 unspecified atom stereocenters. The minimum absolute atomic E-state index is 0.00505. The molecule has 0 aliphatic carbocycles. The van der Waals surface area contributed by atoms with Gasteiger partial charge < -0.3 is 9.80 Å². The van der Waals surface area contributed by atoms with Crippen LogP contribution in [-0.4, -0.2) is 42.8 Å². The number of anilines is 1. The van der Waals surface area contributed by atoms with Crippen LogP contribution in [0.5, 0.6) is 0 Å². The molecule has 0 atom stereocenters. The van der Waals surface area contributed by atoms with E-state index < -0.39 is 0 Å². The molecular weight excluding hydrogens is 312 g/mol. The van der Waals surface area contributed by atoms with Crippen molar-refractivity contribution < 1.29 is 9.59 Å². The Balaban J connectivity index is 1.87. The maximum atomic E-state index is 12.2. The lowest BCUT2D eigenvalue weighted by Crippen LogP contribution is -2.49. The zero-order chi connectivity index (χ0) is 17.0. The summed E-state index contributed by atoms with van der Waals surface area (Å²) in [6.45, 7) is 8.80. The number of carbonyl (C=O) groups excluding carboxylic acids is 2. The fraction of sp³-hybridized carbons (Fsp3) is 0.556. The summed E-state index contributed by atoms with van der Waals surface area (Å²) in [4.78, 5) is 28.0. The van der Waals surface area contributed by atoms with Gasteiger partial charge in [0.25, 0.3) is 0 Å². The number of ketones is 1. The van der Waals surface area contributed by atoms with Crippen LogP contribution in [0.3, 0.4) is 0 Å². The molecule has 2 rings (SSSR count). The number of halogens is 1. The van der Waals surface area contributed by atoms with Gasteiger partial charge in [-0.15, -0.1) is 0 Å². The molecule has 1 aromatic carbocycles. The van der Waals surface area contributed by atoms with Crippen molar-refractivity contribution in [1.29, 1.82) is 0 Å². The zero-order valence-corrected chi connectivity index (χ0v) is 14.9. The first-order valence-corrected chi connectivity index (χ1v) is 8.58. The van der Waals surface area contributed by atoms with Gasteiger partial charge >= 0.3 is 0 Å². The van der Waals surface area contributed by atoms with Crippen LogP contribution >= 0.6 is 11.6 Å². The Morgan fingerprint density at radius 2 is 1.78 bits per heavy atom. The minimum atomic E-state index is 0.00505. The summed E-state index contributed by atoms with van der Waals surface area (Å²) in [5.74, 6) is 0.249. The molecule has 1 aliphatic heterocycles. The second-order valence-corrected chi connectivity index (χ2v) is 6.86. The number of Topliss-reactive ketones (excluding diaryl/α,β-unsaturated/α-hetero) is 1. The predicted octanol–water partition coefficient (Wildman–Crippen LogP) is 3.30. The molecular formula is C18H25ClN2O2. The van der Waals surface area contributed by atoms with Gasteiger partial charge in [0, 0.05) is 55.6 Å². The smallest absolute Gasteiger partial charge is 0.223 e. The number of rotatable bonds is 5. The van der Waals surface area contributed by atoms with Gasteiger partial charge in [-0.1, -0.05) is 31.5 Å². The van der Waals surface area contributed by atoms with Gasteiger partial charge in [-0.2, -0.15) is 0 Å². The molecule has 5 heteroatoms. The molecule has 4 nitrogen and oxygen atoms in total. The van der Waals surface area contributed by atoms with E-state index in [9.17, 15) is 9.59 Å². The van der Waals surface area contributed by atoms with Gasteiger partial charge in [-0.3, -0.25) is 9.59 Å². The van der Waals surface area contributed by atoms with E-state index in [4.69, 9.17) is 11.6 Å². The van der Waals surface area contributed by atoms with Crippen LogP contribution in [0.2, 0.25) is 5.02 Å². The molecule has 0 spiro atoms. The third-order valence-corrected chi connectivity index (χ3v) is 4.61. The third kappa shape index (κ3) is 4.71. The van der Waals surface area contributed by atoms with Crippen molar-refractivity contribution in [3.63, 3.8) is 0 Å². The first-order chi connectivity index (χ1) is 10.9. The molecule has 23 heavy (non-hydrogen) atoms. The van der Waals surface area contributed by atoms with Crippen molar-refractivity contribution in [2.24, 2.45) is 5.92 Å². The number of aryl methyl sites for hydroxylation is 1. The fourth-order valence-corrected chi connectivity index (χ4v) is 2.96. The van der Waals surface area contributed by atoms with Gasteiger partial charge in [-0.25, -0.2) is 0 Å². The lowest BCUT2D eigenvalue weighted by Gasteiger charge is -2.37. The highest BCUT2D eigenvalue weighted by atomic mass is 35.5. The topological polar surface area (TPSA) is 40.6 Å². The van der Waals surface area contributed by atoms with Crippen LogP contribution < -0.4 is 4.90 Å². The van der Waals surface area contributed by atoms with E-state index in [1.165, 1.54) is 5.56 Å². The number of amides is 1. The Hall–Kier alpha value is -1.55. The molecule has 0 saturated carbocycles. The molecule has 126 valence electrons. The Labute approximate surface area is 143 Å². The first-order valence-electron chi connectivity index (χ1n) is 8.20. The molecule has 0 bridgehead atoms. The average molecular weight is 337 g/mol. The Morgan fingerprint density at radius 3 is 2.39 bits per heavy atom. The summed E-state index contributed by atoms with van der Waals surface area (Å²) in [7, 11) is 0. The number of piperazine rings is 1. The highest BCUT2D eigenvalue weighted by Crippen LogP contribution is 2.25. The molecule has 1 aliphatic rings. The quantitative estimate of drug-likeness (QED) is 0.828. The molecule has 0 N–H and O–H groups in total. The van der Waals surface area contributed by atoms with Crippen molar-refractivity contribution >= 4 is 29.0 Å². The maximum Gasteiger partial charge on any atom is 0.223 e. The lowest BCUT2D eigenvalue weighted by atomic mass is 10.0. The highest BCUT2D eigenvalue weighted by Gasteiger charge is 2.22. The standard InChI is InChI=1S/C18H25ClN2O2/c1-13(2)17(22)6-7-18(23)21-10-8-20(9-11-21)16-12-15(19)5-4-14(16)3/h4-5,12-13H,6-11H2,1-3H3. The van der Waals surface area contributed by atoms with Crippen molar-refractivity contribution in [3.05, 3.63) is 28.8 Å². The predicted molar refractivity (Wildman–Crippen MR) is 94.1 cm³/mol. The lowest BCUT2D eigenvalue weighted by molar-refractivity contribution is -0.134. The monoisotopic (exact) mass is 336 g/mol. The van der Waals surface area contributed by atoms with E-state index in [1.54, 1.807) is 0 Å². The SMILES string of the molecule is Cc1ccc(Cl)cc1N1CCN(C(=O)CCC(=O)C(C)C)CC1. The average Bonchev–Trinajstić information content (AvgIpc) is 2.54. The normalized spacial score (nSPS) is 15.2. The summed E-state index contributed by atoms with van der Waals surface area (Å²) in [5.41, 5.74) is 2.33. The second kappa shape index (κ2) is 7.82. The van der Waals surface area contributed by atoms with Crippen LogP contribution in [0, 0.1) is 12.8 Å². The fourth-order valence-electron chi connectivity index (χ4n) is 2.80. The van der Waals surface area contributed by atoms with Crippen molar-refractivity contribution in [1.82, 2.24) is 4.90 Å². The van der Waals surface area contributed by atoms with Crippen LogP contribution in [0.15, 0.2) is 18.2 Å². The Bertz CT molecular complexity index is 578. The van der Waals surface area contributed by atoms with Crippen molar-refractivity contribution in [2.75, 3.05) is 31.1 Å². The number of hydrogen-bond donors (Lipinski definition) is 0. The zero-order valence-electron chi connectivity index (χ0n) is 14.1. The molecule has 1 heterocycles. The number of benzene rings is 1. The van der Waals surface area contributed by atoms with Crippen LogP contribution in [0.25, 0.3) is 0 Å². The summed E-state index contributed by atoms with van der Waals surface area (Å²) in [6, 6.07) is 5.90. The van der Waals surface area contributed by atoms with Gasteiger partial charge in [0.05, 0.1) is 0 Å². The molecule has 1 aromatic rings. The minimum Gasteiger partial charge on any atom is -0.368 e. The van der Waals surface area contributed by atoms with Gasteiger partial charge in [0.1, 0.15) is 5.78 Å². The van der Waals surface area contributed by atoms with Gasteiger partial charge in [0.15, 0.2) is 0 Å². The van der Waals surface area contributed by atoms with Crippen LogP contribution in [-0.2, 0) is 9.59 Å². The largest absolute Gasteiger partial charge is 0.368 e. The summed E-state index contributed by atoms with van der Waals surface area (Å²) in [6.07, 6.45) is 0.678. The van der Waals surface area contributed by atoms with E-state index in [-0.39, 0.29) is 17.6 Å². The molecule has 1 fully saturated rings. The van der Waals surface area contributed by atoms with Crippen molar-refractivity contribution in [3.8, 4) is 0 Å². The van der Waals surface area contributed by atoms with Crippen LogP contribution in [0.1, 0.15) is 32.3 Å². The summed E-state index contributed by atoms with van der Waals surface area (Å²) >= 11 is 6.09. The molecule has 0 radical (unpaired) electrons. The Kier molecular flexibility index (Phi) is 6.05.